The van der Waals surface area contributed by atoms with Crippen molar-refractivity contribution in [2.45, 2.75) is 38.9 Å². The van der Waals surface area contributed by atoms with E-state index in [1.54, 1.807) is 19.9 Å². The number of hydrogen-bond acceptors (Lipinski definition) is 3. The number of aliphatic hydroxyl groups is 1. The minimum Gasteiger partial charge on any atom is -0.481 e. The average Bonchev–Trinajstić information content (AvgIpc) is 2.92. The van der Waals surface area contributed by atoms with Crippen molar-refractivity contribution < 1.29 is 14.6 Å². The third-order valence-electron chi connectivity index (χ3n) is 3.44. The Bertz CT molecular complexity index is 439. The van der Waals surface area contributed by atoms with Crippen LogP contribution < -0.4 is 4.74 Å². The lowest BCUT2D eigenvalue weighted by atomic mass is 10.1. The first-order valence-electron chi connectivity index (χ1n) is 6.82. The van der Waals surface area contributed by atoms with Gasteiger partial charge in [0.05, 0.1) is 6.10 Å². The van der Waals surface area contributed by atoms with E-state index in [9.17, 15) is 9.90 Å². The molecule has 0 bridgehead atoms. The Kier molecular flexibility index (Phi) is 4.43. The number of ether oxygens (including phenoxy) is 1. The molecule has 1 fully saturated rings. The maximum absolute atomic E-state index is 12.2. The summed E-state index contributed by atoms with van der Waals surface area (Å²) in [5, 5.41) is 9.69. The van der Waals surface area contributed by atoms with Gasteiger partial charge >= 0.3 is 0 Å². The van der Waals surface area contributed by atoms with Crippen molar-refractivity contribution in [3.63, 3.8) is 0 Å². The molecule has 2 rings (SSSR count). The number of nitrogens with zero attached hydrogens (tertiary/aromatic N) is 1. The Labute approximate surface area is 114 Å². The van der Waals surface area contributed by atoms with Gasteiger partial charge in [-0.15, -0.1) is 0 Å². The van der Waals surface area contributed by atoms with E-state index in [4.69, 9.17) is 4.74 Å². The number of para-hydroxylation sites is 1. The van der Waals surface area contributed by atoms with Crippen LogP contribution in [0.5, 0.6) is 5.75 Å². The molecule has 0 radical (unpaired) electrons. The lowest BCUT2D eigenvalue weighted by Crippen LogP contribution is -2.38. The van der Waals surface area contributed by atoms with Gasteiger partial charge in [0.2, 0.25) is 0 Å². The zero-order valence-electron chi connectivity index (χ0n) is 11.5. The highest BCUT2D eigenvalue weighted by Gasteiger charge is 2.25. The maximum Gasteiger partial charge on any atom is 0.263 e. The molecule has 1 aromatic rings. The molecule has 1 unspecified atom stereocenters. The Morgan fingerprint density at radius 3 is 2.53 bits per heavy atom. The number of benzene rings is 1. The van der Waals surface area contributed by atoms with E-state index < -0.39 is 12.2 Å². The molecule has 1 N–H and O–H groups in total. The summed E-state index contributed by atoms with van der Waals surface area (Å²) in [6.45, 7) is 5.10. The lowest BCUT2D eigenvalue weighted by Gasteiger charge is -2.22. The second kappa shape index (κ2) is 6.06. The van der Waals surface area contributed by atoms with Gasteiger partial charge in [-0.3, -0.25) is 4.79 Å². The van der Waals surface area contributed by atoms with Crippen molar-refractivity contribution in [1.29, 1.82) is 0 Å². The summed E-state index contributed by atoms with van der Waals surface area (Å²) in [4.78, 5) is 14.0. The fourth-order valence-electron chi connectivity index (χ4n) is 2.37. The number of likely N-dealkylation sites (tertiary alicyclic amines) is 1. The van der Waals surface area contributed by atoms with Crippen molar-refractivity contribution in [3.05, 3.63) is 29.8 Å². The highest BCUT2D eigenvalue weighted by atomic mass is 16.5. The number of rotatable bonds is 4. The molecule has 0 aliphatic carbocycles. The maximum atomic E-state index is 12.2. The van der Waals surface area contributed by atoms with Crippen LogP contribution in [0, 0.1) is 0 Å². The van der Waals surface area contributed by atoms with Crippen molar-refractivity contribution >= 4 is 5.91 Å². The van der Waals surface area contributed by atoms with E-state index in [2.05, 4.69) is 0 Å². The highest BCUT2D eigenvalue weighted by Crippen LogP contribution is 2.26. The molecule has 1 amide bonds. The smallest absolute Gasteiger partial charge is 0.263 e. The third-order valence-corrected chi connectivity index (χ3v) is 3.44. The topological polar surface area (TPSA) is 49.8 Å². The number of amides is 1. The molecule has 104 valence electrons. The Morgan fingerprint density at radius 1 is 1.26 bits per heavy atom. The van der Waals surface area contributed by atoms with Crippen LogP contribution >= 0.6 is 0 Å². The molecule has 1 aliphatic rings. The van der Waals surface area contributed by atoms with E-state index >= 15 is 0 Å². The van der Waals surface area contributed by atoms with Gasteiger partial charge in [0.25, 0.3) is 5.91 Å². The Hall–Kier alpha value is -1.55. The Balaban J connectivity index is 2.06. The van der Waals surface area contributed by atoms with Gasteiger partial charge < -0.3 is 14.7 Å². The fraction of sp³-hybridized carbons (Fsp3) is 0.533. The van der Waals surface area contributed by atoms with Crippen LogP contribution in [-0.2, 0) is 4.79 Å². The van der Waals surface area contributed by atoms with E-state index in [1.807, 2.05) is 23.1 Å². The molecule has 0 aromatic heterocycles. The van der Waals surface area contributed by atoms with Crippen molar-refractivity contribution in [3.8, 4) is 5.75 Å². The van der Waals surface area contributed by atoms with Gasteiger partial charge in [-0.1, -0.05) is 18.2 Å². The van der Waals surface area contributed by atoms with Crippen LogP contribution in [-0.4, -0.2) is 35.1 Å². The van der Waals surface area contributed by atoms with Crippen molar-refractivity contribution in [2.24, 2.45) is 0 Å². The summed E-state index contributed by atoms with van der Waals surface area (Å²) >= 11 is 0. The molecule has 1 saturated heterocycles. The summed E-state index contributed by atoms with van der Waals surface area (Å²) in [7, 11) is 0. The first kappa shape index (κ1) is 13.9. The quantitative estimate of drug-likeness (QED) is 0.905. The molecule has 0 spiro atoms. The molecular weight excluding hydrogens is 242 g/mol. The van der Waals surface area contributed by atoms with Crippen LogP contribution in [0.15, 0.2) is 24.3 Å². The van der Waals surface area contributed by atoms with Crippen LogP contribution in [0.4, 0.5) is 0 Å². The predicted molar refractivity (Wildman–Crippen MR) is 73.0 cm³/mol. The molecule has 4 nitrogen and oxygen atoms in total. The van der Waals surface area contributed by atoms with Gasteiger partial charge in [0, 0.05) is 18.7 Å². The van der Waals surface area contributed by atoms with Crippen LogP contribution in [0.3, 0.4) is 0 Å². The van der Waals surface area contributed by atoms with Crippen LogP contribution in [0.25, 0.3) is 0 Å². The molecule has 4 heteroatoms. The third kappa shape index (κ3) is 3.26. The monoisotopic (exact) mass is 263 g/mol. The second-order valence-electron chi connectivity index (χ2n) is 5.01. The van der Waals surface area contributed by atoms with Crippen LogP contribution in [0.1, 0.15) is 38.4 Å². The second-order valence-corrected chi connectivity index (χ2v) is 5.01. The first-order chi connectivity index (χ1) is 9.09. The molecule has 19 heavy (non-hydrogen) atoms. The molecule has 1 aromatic carbocycles. The van der Waals surface area contributed by atoms with E-state index in [-0.39, 0.29) is 5.91 Å². The van der Waals surface area contributed by atoms with Gasteiger partial charge in [-0.05, 0) is 32.8 Å². The molecule has 1 heterocycles. The zero-order chi connectivity index (χ0) is 13.8. The van der Waals surface area contributed by atoms with Gasteiger partial charge in [0.1, 0.15) is 5.75 Å². The predicted octanol–water partition coefficient (Wildman–Crippen LogP) is 2.13. The molecular formula is C15H21NO3. The lowest BCUT2D eigenvalue weighted by molar-refractivity contribution is -0.136. The van der Waals surface area contributed by atoms with Gasteiger partial charge in [-0.25, -0.2) is 0 Å². The highest BCUT2D eigenvalue weighted by molar-refractivity contribution is 5.81. The minimum absolute atomic E-state index is 0.0258. The van der Waals surface area contributed by atoms with E-state index in [1.165, 1.54) is 0 Å². The summed E-state index contributed by atoms with van der Waals surface area (Å²) in [5.41, 5.74) is 0.712. The first-order valence-corrected chi connectivity index (χ1v) is 6.82. The van der Waals surface area contributed by atoms with Crippen LogP contribution in [0.2, 0.25) is 0 Å². The summed E-state index contributed by atoms with van der Waals surface area (Å²) in [5.74, 6) is 0.607. The zero-order valence-corrected chi connectivity index (χ0v) is 11.5. The fourth-order valence-corrected chi connectivity index (χ4v) is 2.37. The average molecular weight is 263 g/mol. The minimum atomic E-state index is -0.606. The van der Waals surface area contributed by atoms with Gasteiger partial charge in [0.15, 0.2) is 6.10 Å². The van der Waals surface area contributed by atoms with E-state index in [0.29, 0.717) is 11.3 Å². The Morgan fingerprint density at radius 2 is 1.89 bits per heavy atom. The number of aliphatic hydroxyl groups excluding tert-OH is 1. The number of carbonyl (C=O) groups excluding carboxylic acids is 1. The molecule has 2 atom stereocenters. The SMILES string of the molecule is CC(Oc1ccccc1[C@@H](C)O)C(=O)N1CCCC1. The largest absolute Gasteiger partial charge is 0.481 e. The van der Waals surface area contributed by atoms with E-state index in [0.717, 1.165) is 25.9 Å². The number of hydrogen-bond donors (Lipinski definition) is 1. The summed E-state index contributed by atoms with van der Waals surface area (Å²) in [6, 6.07) is 7.29. The molecule has 1 aliphatic heterocycles. The van der Waals surface area contributed by atoms with Crippen molar-refractivity contribution in [2.75, 3.05) is 13.1 Å². The number of carbonyl (C=O) groups is 1. The van der Waals surface area contributed by atoms with Gasteiger partial charge in [-0.2, -0.15) is 0 Å². The summed E-state index contributed by atoms with van der Waals surface area (Å²) < 4.78 is 5.73. The standard InChI is InChI=1S/C15H21NO3/c1-11(17)13-7-3-4-8-14(13)19-12(2)15(18)16-9-5-6-10-16/h3-4,7-8,11-12,17H,5-6,9-10H2,1-2H3/t11-,12?/m1/s1. The molecule has 0 saturated carbocycles. The normalized spacial score (nSPS) is 18.2. The van der Waals surface area contributed by atoms with Crippen molar-refractivity contribution in [1.82, 2.24) is 4.90 Å². The summed E-state index contributed by atoms with van der Waals surface area (Å²) in [6.07, 6.45) is 1.02.